The number of nitrogens with one attached hydrogen (secondary N) is 2. The molecule has 41 heavy (non-hydrogen) atoms. The standard InChI is InChI=1S/C29H28F2N8O2/c1-3-41-20-13-23(30)22(24(31)14-20)16-39-25-7-5-4-6-21(25)27(38-39)29-34-15-18(8-10-32)28(37-29)36-19-9-11-33-26(12-19)35-17(2)40/h4-7,9,11-15H,3,8,10,16,32H2,1-2H3,(H2,33,34,35,36,37,40). The minimum atomic E-state index is -0.723. The SMILES string of the molecule is CCOc1cc(F)c(Cn2nc(-c3ncc(CCN)c(Nc4ccnc(NC(C)=O)c4)n3)c3ccccc32)c(F)c1. The number of carbonyl (C=O) groups excluding carboxylic acids is 1. The van der Waals surface area contributed by atoms with Gasteiger partial charge in [0.1, 0.15) is 34.7 Å². The highest BCUT2D eigenvalue weighted by Crippen LogP contribution is 2.30. The minimum absolute atomic E-state index is 0.127. The molecule has 1 amide bonds. The van der Waals surface area contributed by atoms with Gasteiger partial charge in [-0.2, -0.15) is 5.10 Å². The van der Waals surface area contributed by atoms with Gasteiger partial charge in [-0.15, -0.1) is 0 Å². The maximum Gasteiger partial charge on any atom is 0.222 e. The Hall–Kier alpha value is -4.97. The molecule has 5 aromatic rings. The second kappa shape index (κ2) is 12.0. The molecule has 0 aliphatic heterocycles. The van der Waals surface area contributed by atoms with Crippen LogP contribution in [0.3, 0.4) is 0 Å². The lowest BCUT2D eigenvalue weighted by atomic mass is 10.1. The zero-order valence-electron chi connectivity index (χ0n) is 22.5. The van der Waals surface area contributed by atoms with E-state index >= 15 is 0 Å². The Morgan fingerprint density at radius 2 is 1.88 bits per heavy atom. The van der Waals surface area contributed by atoms with Crippen LogP contribution in [0.1, 0.15) is 25.0 Å². The molecule has 0 radical (unpaired) electrons. The molecular formula is C29H28F2N8O2. The highest BCUT2D eigenvalue weighted by atomic mass is 19.1. The molecule has 3 heterocycles. The number of hydrogen-bond donors (Lipinski definition) is 3. The zero-order chi connectivity index (χ0) is 28.9. The monoisotopic (exact) mass is 558 g/mol. The summed E-state index contributed by atoms with van der Waals surface area (Å²) in [6.07, 6.45) is 3.75. The van der Waals surface area contributed by atoms with Crippen LogP contribution in [0.25, 0.3) is 22.4 Å². The van der Waals surface area contributed by atoms with Crippen molar-refractivity contribution >= 4 is 34.1 Å². The third-order valence-corrected chi connectivity index (χ3v) is 6.21. The minimum Gasteiger partial charge on any atom is -0.494 e. The molecule has 12 heteroatoms. The van der Waals surface area contributed by atoms with Gasteiger partial charge in [0.05, 0.1) is 18.7 Å². The van der Waals surface area contributed by atoms with Crippen molar-refractivity contribution in [1.82, 2.24) is 24.7 Å². The highest BCUT2D eigenvalue weighted by molar-refractivity contribution is 5.92. The topological polar surface area (TPSA) is 133 Å². The summed E-state index contributed by atoms with van der Waals surface area (Å²) < 4.78 is 36.6. The summed E-state index contributed by atoms with van der Waals surface area (Å²) in [4.78, 5) is 24.9. The van der Waals surface area contributed by atoms with Crippen LogP contribution in [0.15, 0.2) is 60.9 Å². The fourth-order valence-electron chi connectivity index (χ4n) is 4.40. The summed E-state index contributed by atoms with van der Waals surface area (Å²) >= 11 is 0. The number of benzene rings is 2. The summed E-state index contributed by atoms with van der Waals surface area (Å²) in [5.41, 5.74) is 8.21. The van der Waals surface area contributed by atoms with Crippen LogP contribution < -0.4 is 21.1 Å². The van der Waals surface area contributed by atoms with Crippen molar-refractivity contribution in [1.29, 1.82) is 0 Å². The number of para-hydroxylation sites is 1. The van der Waals surface area contributed by atoms with Crippen molar-refractivity contribution in [3.63, 3.8) is 0 Å². The summed E-state index contributed by atoms with van der Waals surface area (Å²) in [6.45, 7) is 3.67. The molecule has 2 aromatic carbocycles. The van der Waals surface area contributed by atoms with Crippen molar-refractivity contribution in [3.05, 3.63) is 83.7 Å². The van der Waals surface area contributed by atoms with Crippen molar-refractivity contribution in [3.8, 4) is 17.3 Å². The Bertz CT molecular complexity index is 1700. The average molecular weight is 559 g/mol. The number of pyridine rings is 1. The lowest BCUT2D eigenvalue weighted by molar-refractivity contribution is -0.114. The molecule has 210 valence electrons. The van der Waals surface area contributed by atoms with E-state index in [1.807, 2.05) is 24.3 Å². The fourth-order valence-corrected chi connectivity index (χ4v) is 4.40. The van der Waals surface area contributed by atoms with Gasteiger partial charge in [0, 0.05) is 59.7 Å². The normalized spacial score (nSPS) is 11.0. The number of carbonyl (C=O) groups is 1. The molecule has 0 saturated heterocycles. The third kappa shape index (κ3) is 6.12. The van der Waals surface area contributed by atoms with Gasteiger partial charge in [0.25, 0.3) is 0 Å². The molecule has 0 atom stereocenters. The number of amides is 1. The van der Waals surface area contributed by atoms with Crippen LogP contribution in [-0.4, -0.2) is 43.8 Å². The van der Waals surface area contributed by atoms with Gasteiger partial charge >= 0.3 is 0 Å². The van der Waals surface area contributed by atoms with E-state index < -0.39 is 11.6 Å². The predicted molar refractivity (Wildman–Crippen MR) is 152 cm³/mol. The lowest BCUT2D eigenvalue weighted by Crippen LogP contribution is -2.10. The largest absolute Gasteiger partial charge is 0.494 e. The Labute approximate surface area is 234 Å². The lowest BCUT2D eigenvalue weighted by Gasteiger charge is -2.12. The van der Waals surface area contributed by atoms with Crippen molar-refractivity contribution in [2.24, 2.45) is 5.73 Å². The number of fused-ring (bicyclic) bond motifs is 1. The Morgan fingerprint density at radius 3 is 2.61 bits per heavy atom. The van der Waals surface area contributed by atoms with E-state index in [9.17, 15) is 13.6 Å². The number of nitrogens with two attached hydrogens (primary N) is 1. The van der Waals surface area contributed by atoms with Crippen LogP contribution >= 0.6 is 0 Å². The van der Waals surface area contributed by atoms with E-state index in [1.165, 1.54) is 23.7 Å². The summed E-state index contributed by atoms with van der Waals surface area (Å²) in [6, 6.07) is 13.1. The average Bonchev–Trinajstić information content (AvgIpc) is 3.30. The van der Waals surface area contributed by atoms with E-state index in [4.69, 9.17) is 15.5 Å². The van der Waals surface area contributed by atoms with Crippen LogP contribution in [0.4, 0.5) is 26.1 Å². The molecular weight excluding hydrogens is 530 g/mol. The number of rotatable bonds is 10. The first kappa shape index (κ1) is 27.6. The fraction of sp³-hybridized carbons (Fsp3) is 0.207. The Kier molecular flexibility index (Phi) is 8.11. The highest BCUT2D eigenvalue weighted by Gasteiger charge is 2.20. The van der Waals surface area contributed by atoms with Gasteiger partial charge in [-0.1, -0.05) is 18.2 Å². The number of aromatic nitrogens is 5. The molecule has 5 rings (SSSR count). The van der Waals surface area contributed by atoms with Gasteiger partial charge in [0.2, 0.25) is 5.91 Å². The maximum absolute atomic E-state index is 14.9. The first-order valence-corrected chi connectivity index (χ1v) is 13.0. The van der Waals surface area contributed by atoms with Crippen LogP contribution in [0.2, 0.25) is 0 Å². The van der Waals surface area contributed by atoms with Gasteiger partial charge in [0.15, 0.2) is 5.82 Å². The van der Waals surface area contributed by atoms with Crippen molar-refractivity contribution in [2.45, 2.75) is 26.8 Å². The van der Waals surface area contributed by atoms with Crippen LogP contribution in [-0.2, 0) is 17.8 Å². The maximum atomic E-state index is 14.9. The Morgan fingerprint density at radius 1 is 1.10 bits per heavy atom. The van der Waals surface area contributed by atoms with Gasteiger partial charge in [-0.3, -0.25) is 9.48 Å². The number of nitrogens with zero attached hydrogens (tertiary/aromatic N) is 5. The molecule has 0 bridgehead atoms. The second-order valence-electron chi connectivity index (χ2n) is 9.16. The first-order valence-electron chi connectivity index (χ1n) is 13.0. The second-order valence-corrected chi connectivity index (χ2v) is 9.16. The van der Waals surface area contributed by atoms with E-state index in [0.717, 1.165) is 5.56 Å². The number of hydrogen-bond acceptors (Lipinski definition) is 8. The molecule has 0 fully saturated rings. The summed E-state index contributed by atoms with van der Waals surface area (Å²) in [5, 5.41) is 11.3. The molecule has 0 spiro atoms. The Balaban J connectivity index is 1.54. The van der Waals surface area contributed by atoms with E-state index in [1.54, 1.807) is 31.5 Å². The zero-order valence-corrected chi connectivity index (χ0v) is 22.5. The molecule has 0 saturated carbocycles. The molecule has 4 N–H and O–H groups in total. The van der Waals surface area contributed by atoms with Gasteiger partial charge in [-0.05, 0) is 32.0 Å². The van der Waals surface area contributed by atoms with Gasteiger partial charge in [-0.25, -0.2) is 23.7 Å². The predicted octanol–water partition coefficient (Wildman–Crippen LogP) is 4.82. The van der Waals surface area contributed by atoms with E-state index in [2.05, 4.69) is 25.7 Å². The van der Waals surface area contributed by atoms with E-state index in [0.29, 0.717) is 59.3 Å². The molecule has 0 unspecified atom stereocenters. The summed E-state index contributed by atoms with van der Waals surface area (Å²) in [5.74, 6) is -0.360. The number of ether oxygens (including phenoxy) is 1. The molecule has 0 aliphatic carbocycles. The van der Waals surface area contributed by atoms with Crippen LogP contribution in [0.5, 0.6) is 5.75 Å². The quantitative estimate of drug-likeness (QED) is 0.222. The van der Waals surface area contributed by atoms with E-state index in [-0.39, 0.29) is 23.8 Å². The molecule has 0 aliphatic rings. The summed E-state index contributed by atoms with van der Waals surface area (Å²) in [7, 11) is 0. The number of anilines is 3. The third-order valence-electron chi connectivity index (χ3n) is 6.21. The molecule has 3 aromatic heterocycles. The smallest absolute Gasteiger partial charge is 0.222 e. The first-order chi connectivity index (χ1) is 19.9. The number of halogens is 2. The van der Waals surface area contributed by atoms with Crippen molar-refractivity contribution < 1.29 is 18.3 Å². The van der Waals surface area contributed by atoms with Gasteiger partial charge < -0.3 is 21.1 Å². The molecule has 10 nitrogen and oxygen atoms in total. The van der Waals surface area contributed by atoms with Crippen LogP contribution in [0, 0.1) is 11.6 Å². The van der Waals surface area contributed by atoms with Crippen molar-refractivity contribution in [2.75, 3.05) is 23.8 Å².